The number of hydrogen-bond donors (Lipinski definition) is 1. The molecule has 0 radical (unpaired) electrons. The van der Waals surface area contributed by atoms with Crippen molar-refractivity contribution in [2.45, 2.75) is 39.2 Å². The molecule has 0 aromatic rings. The van der Waals surface area contributed by atoms with Crippen molar-refractivity contribution in [3.8, 4) is 0 Å². The van der Waals surface area contributed by atoms with Gasteiger partial charge in [0.1, 0.15) is 0 Å². The van der Waals surface area contributed by atoms with Crippen LogP contribution in [-0.4, -0.2) is 68.2 Å². The number of carbonyl (C=O) groups excluding carboxylic acids is 1. The second-order valence-electron chi connectivity index (χ2n) is 6.06. The molecule has 1 rings (SSSR count). The molecule has 1 unspecified atom stereocenters. The van der Waals surface area contributed by atoms with E-state index in [1.807, 2.05) is 4.90 Å². The number of likely N-dealkylation sites (tertiary alicyclic amines) is 1. The molecule has 1 fully saturated rings. The van der Waals surface area contributed by atoms with E-state index >= 15 is 0 Å². The lowest BCUT2D eigenvalue weighted by Crippen LogP contribution is -2.47. The zero-order valence-corrected chi connectivity index (χ0v) is 13.3. The van der Waals surface area contributed by atoms with E-state index in [0.29, 0.717) is 25.5 Å². The van der Waals surface area contributed by atoms with Crippen molar-refractivity contribution < 1.29 is 9.53 Å². The fourth-order valence-electron chi connectivity index (χ4n) is 2.76. The molecule has 0 spiro atoms. The Hall–Kier alpha value is -0.650. The zero-order chi connectivity index (χ0) is 15.0. The lowest BCUT2D eigenvalue weighted by atomic mass is 10.1. The van der Waals surface area contributed by atoms with E-state index in [9.17, 15) is 4.79 Å². The van der Waals surface area contributed by atoms with Gasteiger partial charge in [-0.05, 0) is 18.8 Å². The lowest BCUT2D eigenvalue weighted by molar-refractivity contribution is -0.131. The van der Waals surface area contributed by atoms with Crippen LogP contribution in [0.5, 0.6) is 0 Å². The molecule has 1 aliphatic heterocycles. The van der Waals surface area contributed by atoms with Crippen molar-refractivity contribution in [1.82, 2.24) is 9.80 Å². The Morgan fingerprint density at radius 3 is 2.50 bits per heavy atom. The van der Waals surface area contributed by atoms with Crippen LogP contribution in [0.1, 0.15) is 33.1 Å². The van der Waals surface area contributed by atoms with E-state index in [2.05, 4.69) is 18.7 Å². The van der Waals surface area contributed by atoms with Gasteiger partial charge < -0.3 is 15.4 Å². The predicted molar refractivity (Wildman–Crippen MR) is 81.6 cm³/mol. The van der Waals surface area contributed by atoms with Crippen molar-refractivity contribution in [3.05, 3.63) is 0 Å². The zero-order valence-electron chi connectivity index (χ0n) is 13.3. The summed E-state index contributed by atoms with van der Waals surface area (Å²) < 4.78 is 5.18. The molecule has 1 heterocycles. The molecular weight excluding hydrogens is 254 g/mol. The quantitative estimate of drug-likeness (QED) is 0.685. The van der Waals surface area contributed by atoms with Crippen LogP contribution in [0.3, 0.4) is 0 Å². The van der Waals surface area contributed by atoms with Gasteiger partial charge in [-0.25, -0.2) is 0 Å². The van der Waals surface area contributed by atoms with Gasteiger partial charge in [-0.2, -0.15) is 0 Å². The van der Waals surface area contributed by atoms with Gasteiger partial charge in [0.25, 0.3) is 0 Å². The second-order valence-corrected chi connectivity index (χ2v) is 6.06. The summed E-state index contributed by atoms with van der Waals surface area (Å²) in [6, 6.07) is 0.126. The normalized spacial score (nSPS) is 17.2. The SMILES string of the molecule is COCCN(CC(C)C)C(CN)CC(=O)N1CCCC1. The Morgan fingerprint density at radius 2 is 2.00 bits per heavy atom. The average molecular weight is 285 g/mol. The first kappa shape index (κ1) is 17.4. The third-order valence-corrected chi connectivity index (χ3v) is 3.84. The van der Waals surface area contributed by atoms with E-state index in [4.69, 9.17) is 10.5 Å². The van der Waals surface area contributed by atoms with Gasteiger partial charge in [-0.3, -0.25) is 9.69 Å². The summed E-state index contributed by atoms with van der Waals surface area (Å²) >= 11 is 0. The first-order chi connectivity index (χ1) is 9.58. The standard InChI is InChI=1S/C15H31N3O2/c1-13(2)12-18(8-9-20-3)14(11-16)10-15(19)17-6-4-5-7-17/h13-14H,4-12,16H2,1-3H3. The van der Waals surface area contributed by atoms with Crippen molar-refractivity contribution in [2.24, 2.45) is 11.7 Å². The molecule has 0 aliphatic carbocycles. The molecule has 0 aromatic carbocycles. The van der Waals surface area contributed by atoms with Crippen LogP contribution in [-0.2, 0) is 9.53 Å². The number of ether oxygens (including phenoxy) is 1. The molecule has 2 N–H and O–H groups in total. The summed E-state index contributed by atoms with van der Waals surface area (Å²) in [5.41, 5.74) is 5.91. The monoisotopic (exact) mass is 285 g/mol. The summed E-state index contributed by atoms with van der Waals surface area (Å²) in [5, 5.41) is 0. The highest BCUT2D eigenvalue weighted by Crippen LogP contribution is 2.13. The summed E-state index contributed by atoms with van der Waals surface area (Å²) in [4.78, 5) is 16.6. The first-order valence-electron chi connectivity index (χ1n) is 7.79. The number of nitrogens with two attached hydrogens (primary N) is 1. The van der Waals surface area contributed by atoms with Gasteiger partial charge in [-0.1, -0.05) is 13.8 Å². The third kappa shape index (κ3) is 5.77. The van der Waals surface area contributed by atoms with Gasteiger partial charge in [0, 0.05) is 52.3 Å². The Kier molecular flexibility index (Phi) is 8.11. The van der Waals surface area contributed by atoms with Gasteiger partial charge in [0.15, 0.2) is 0 Å². The van der Waals surface area contributed by atoms with Gasteiger partial charge in [0.2, 0.25) is 5.91 Å². The molecule has 0 aromatic heterocycles. The third-order valence-electron chi connectivity index (χ3n) is 3.84. The number of amides is 1. The van der Waals surface area contributed by atoms with Crippen LogP contribution in [0.25, 0.3) is 0 Å². The van der Waals surface area contributed by atoms with E-state index in [1.165, 1.54) is 0 Å². The Morgan fingerprint density at radius 1 is 1.35 bits per heavy atom. The maximum Gasteiger partial charge on any atom is 0.224 e. The van der Waals surface area contributed by atoms with Crippen LogP contribution in [0.15, 0.2) is 0 Å². The molecule has 20 heavy (non-hydrogen) atoms. The van der Waals surface area contributed by atoms with E-state index in [0.717, 1.165) is 39.0 Å². The molecule has 0 bridgehead atoms. The lowest BCUT2D eigenvalue weighted by Gasteiger charge is -2.32. The number of rotatable bonds is 9. The largest absolute Gasteiger partial charge is 0.383 e. The molecule has 5 nitrogen and oxygen atoms in total. The maximum atomic E-state index is 12.3. The number of nitrogens with zero attached hydrogens (tertiary/aromatic N) is 2. The van der Waals surface area contributed by atoms with Crippen LogP contribution in [0, 0.1) is 5.92 Å². The van der Waals surface area contributed by atoms with Crippen molar-refractivity contribution >= 4 is 5.91 Å². The first-order valence-corrected chi connectivity index (χ1v) is 7.79. The van der Waals surface area contributed by atoms with Crippen molar-refractivity contribution in [2.75, 3.05) is 46.4 Å². The smallest absolute Gasteiger partial charge is 0.224 e. The van der Waals surface area contributed by atoms with Crippen LogP contribution in [0.4, 0.5) is 0 Å². The highest BCUT2D eigenvalue weighted by molar-refractivity contribution is 5.77. The Bertz CT molecular complexity index is 278. The fraction of sp³-hybridized carbons (Fsp3) is 0.933. The number of methoxy groups -OCH3 is 1. The van der Waals surface area contributed by atoms with Crippen LogP contribution in [0.2, 0.25) is 0 Å². The molecule has 1 atom stereocenters. The van der Waals surface area contributed by atoms with Crippen LogP contribution < -0.4 is 5.73 Å². The second kappa shape index (κ2) is 9.32. The maximum absolute atomic E-state index is 12.3. The molecule has 0 saturated carbocycles. The Balaban J connectivity index is 2.55. The molecular formula is C15H31N3O2. The number of carbonyl (C=O) groups is 1. The van der Waals surface area contributed by atoms with E-state index in [-0.39, 0.29) is 11.9 Å². The molecule has 1 saturated heterocycles. The average Bonchev–Trinajstić information content (AvgIpc) is 2.94. The van der Waals surface area contributed by atoms with Gasteiger partial charge >= 0.3 is 0 Å². The van der Waals surface area contributed by atoms with E-state index < -0.39 is 0 Å². The van der Waals surface area contributed by atoms with Crippen LogP contribution >= 0.6 is 0 Å². The Labute approximate surface area is 123 Å². The fourth-order valence-corrected chi connectivity index (χ4v) is 2.76. The molecule has 5 heteroatoms. The minimum atomic E-state index is 0.126. The minimum absolute atomic E-state index is 0.126. The predicted octanol–water partition coefficient (Wildman–Crippen LogP) is 0.931. The van der Waals surface area contributed by atoms with Gasteiger partial charge in [0.05, 0.1) is 6.61 Å². The molecule has 118 valence electrons. The van der Waals surface area contributed by atoms with E-state index in [1.54, 1.807) is 7.11 Å². The number of hydrogen-bond acceptors (Lipinski definition) is 4. The molecule has 1 aliphatic rings. The van der Waals surface area contributed by atoms with Gasteiger partial charge in [-0.15, -0.1) is 0 Å². The summed E-state index contributed by atoms with van der Waals surface area (Å²) in [6.07, 6.45) is 2.81. The summed E-state index contributed by atoms with van der Waals surface area (Å²) in [5.74, 6) is 0.812. The summed E-state index contributed by atoms with van der Waals surface area (Å²) in [7, 11) is 1.71. The minimum Gasteiger partial charge on any atom is -0.383 e. The topological polar surface area (TPSA) is 58.8 Å². The van der Waals surface area contributed by atoms with Crippen molar-refractivity contribution in [3.63, 3.8) is 0 Å². The highest BCUT2D eigenvalue weighted by Gasteiger charge is 2.25. The molecule has 1 amide bonds. The van der Waals surface area contributed by atoms with Crippen molar-refractivity contribution in [1.29, 1.82) is 0 Å². The summed E-state index contributed by atoms with van der Waals surface area (Å²) in [6.45, 7) is 9.21. The highest BCUT2D eigenvalue weighted by atomic mass is 16.5.